The number of aromatic amines is 2. The maximum Gasteiger partial charge on any atom is 0.195 e. The first-order valence-electron chi connectivity index (χ1n) is 3.89. The molecule has 0 amide bonds. The minimum absolute atomic E-state index is 0.502. The Hall–Kier alpha value is -1.36. The van der Waals surface area contributed by atoms with Crippen LogP contribution in [0.3, 0.4) is 0 Å². The van der Waals surface area contributed by atoms with Crippen molar-refractivity contribution in [3.63, 3.8) is 0 Å². The van der Waals surface area contributed by atoms with Gasteiger partial charge in [0.15, 0.2) is 16.4 Å². The average molecular weight is 195 g/mol. The molecule has 68 valence electrons. The molecule has 2 heterocycles. The van der Waals surface area contributed by atoms with Gasteiger partial charge in [0.1, 0.15) is 5.76 Å². The number of hydrogen-bond donors (Lipinski definition) is 2. The zero-order chi connectivity index (χ0) is 9.42. The Bertz CT molecular complexity index is 460. The molecule has 2 rings (SSSR count). The van der Waals surface area contributed by atoms with Crippen LogP contribution in [0.15, 0.2) is 10.5 Å². The lowest BCUT2D eigenvalue weighted by Crippen LogP contribution is -1.75. The lowest BCUT2D eigenvalue weighted by molar-refractivity contribution is 0.542. The predicted octanol–water partition coefficient (Wildman–Crippen LogP) is 2.34. The van der Waals surface area contributed by atoms with E-state index >= 15 is 0 Å². The van der Waals surface area contributed by atoms with Gasteiger partial charge in [-0.2, -0.15) is 5.10 Å². The van der Waals surface area contributed by atoms with Gasteiger partial charge in [0.25, 0.3) is 0 Å². The molecular formula is C8H9N3OS. The van der Waals surface area contributed by atoms with Gasteiger partial charge in [-0.15, -0.1) is 0 Å². The summed E-state index contributed by atoms with van der Waals surface area (Å²) in [7, 11) is 0. The van der Waals surface area contributed by atoms with E-state index in [1.54, 1.807) is 0 Å². The Morgan fingerprint density at radius 2 is 2.23 bits per heavy atom. The SMILES string of the molecule is Cc1cc(-c2n[nH]c(=S)[nH]2)oc1C. The van der Waals surface area contributed by atoms with Crippen LogP contribution in [0.1, 0.15) is 11.3 Å². The quantitative estimate of drug-likeness (QED) is 0.687. The van der Waals surface area contributed by atoms with Gasteiger partial charge in [0, 0.05) is 0 Å². The molecule has 0 bridgehead atoms. The first-order chi connectivity index (χ1) is 6.16. The van der Waals surface area contributed by atoms with E-state index in [1.165, 1.54) is 0 Å². The Kier molecular flexibility index (Phi) is 1.81. The fraction of sp³-hybridized carbons (Fsp3) is 0.250. The van der Waals surface area contributed by atoms with E-state index in [1.807, 2.05) is 19.9 Å². The van der Waals surface area contributed by atoms with E-state index in [-0.39, 0.29) is 0 Å². The summed E-state index contributed by atoms with van der Waals surface area (Å²) >= 11 is 4.86. The number of furan rings is 1. The van der Waals surface area contributed by atoms with Gasteiger partial charge in [-0.05, 0) is 37.7 Å². The average Bonchev–Trinajstić information content (AvgIpc) is 2.61. The normalized spacial score (nSPS) is 10.6. The molecule has 0 aromatic carbocycles. The molecule has 0 fully saturated rings. The second-order valence-corrected chi connectivity index (χ2v) is 3.28. The van der Waals surface area contributed by atoms with Crippen molar-refractivity contribution in [3.05, 3.63) is 22.2 Å². The van der Waals surface area contributed by atoms with Crippen LogP contribution in [0.2, 0.25) is 0 Å². The third-order valence-electron chi connectivity index (χ3n) is 1.90. The summed E-state index contributed by atoms with van der Waals surface area (Å²) in [4.78, 5) is 2.89. The molecule has 0 aliphatic carbocycles. The topological polar surface area (TPSA) is 57.6 Å². The molecule has 0 aliphatic heterocycles. The highest BCUT2D eigenvalue weighted by atomic mass is 32.1. The molecule has 0 saturated heterocycles. The summed E-state index contributed by atoms with van der Waals surface area (Å²) in [6.45, 7) is 3.91. The van der Waals surface area contributed by atoms with Crippen LogP contribution in [0.25, 0.3) is 11.6 Å². The highest BCUT2D eigenvalue weighted by Gasteiger charge is 2.08. The molecule has 13 heavy (non-hydrogen) atoms. The predicted molar refractivity (Wildman–Crippen MR) is 50.9 cm³/mol. The zero-order valence-electron chi connectivity index (χ0n) is 7.34. The summed E-state index contributed by atoms with van der Waals surface area (Å²) < 4.78 is 5.96. The van der Waals surface area contributed by atoms with Crippen LogP contribution in [0.4, 0.5) is 0 Å². The van der Waals surface area contributed by atoms with Gasteiger partial charge < -0.3 is 9.40 Å². The molecular weight excluding hydrogens is 186 g/mol. The Labute approximate surface area is 80.0 Å². The maximum absolute atomic E-state index is 5.45. The number of aromatic nitrogens is 3. The van der Waals surface area contributed by atoms with Crippen LogP contribution in [0.5, 0.6) is 0 Å². The summed E-state index contributed by atoms with van der Waals surface area (Å²) in [5.41, 5.74) is 1.11. The molecule has 2 aromatic rings. The van der Waals surface area contributed by atoms with Crippen molar-refractivity contribution in [1.29, 1.82) is 0 Å². The maximum atomic E-state index is 5.45. The second kappa shape index (κ2) is 2.85. The number of H-pyrrole nitrogens is 2. The van der Waals surface area contributed by atoms with Crippen LogP contribution in [0, 0.1) is 18.6 Å². The Balaban J connectivity index is 2.52. The van der Waals surface area contributed by atoms with Crippen molar-refractivity contribution in [2.24, 2.45) is 0 Å². The van der Waals surface area contributed by atoms with Crippen molar-refractivity contribution >= 4 is 12.2 Å². The van der Waals surface area contributed by atoms with Crippen LogP contribution in [-0.4, -0.2) is 15.2 Å². The van der Waals surface area contributed by atoms with Gasteiger partial charge in [0.05, 0.1) is 0 Å². The molecule has 0 saturated carbocycles. The van der Waals surface area contributed by atoms with Crippen molar-refractivity contribution in [1.82, 2.24) is 15.2 Å². The van der Waals surface area contributed by atoms with Gasteiger partial charge in [-0.25, -0.2) is 0 Å². The van der Waals surface area contributed by atoms with E-state index < -0.39 is 0 Å². The summed E-state index contributed by atoms with van der Waals surface area (Å²) in [6.07, 6.45) is 0. The Morgan fingerprint density at radius 1 is 1.46 bits per heavy atom. The summed E-state index contributed by atoms with van der Waals surface area (Å²) in [5, 5.41) is 6.61. The van der Waals surface area contributed by atoms with E-state index in [4.69, 9.17) is 16.6 Å². The first kappa shape index (κ1) is 8.25. The number of hydrogen-bond acceptors (Lipinski definition) is 3. The minimum Gasteiger partial charge on any atom is -0.458 e. The molecule has 2 aromatic heterocycles. The second-order valence-electron chi connectivity index (χ2n) is 2.88. The van der Waals surface area contributed by atoms with E-state index in [9.17, 15) is 0 Å². The van der Waals surface area contributed by atoms with Gasteiger partial charge in [-0.1, -0.05) is 0 Å². The molecule has 4 nitrogen and oxygen atoms in total. The lowest BCUT2D eigenvalue weighted by atomic mass is 10.3. The highest BCUT2D eigenvalue weighted by molar-refractivity contribution is 7.71. The van der Waals surface area contributed by atoms with Crippen molar-refractivity contribution < 1.29 is 4.42 Å². The standard InChI is InChI=1S/C8H9N3OS/c1-4-3-6(12-5(4)2)7-9-8(13)11-10-7/h3H,1-2H3,(H2,9,10,11,13). The third-order valence-corrected chi connectivity index (χ3v) is 2.09. The first-order valence-corrected chi connectivity index (χ1v) is 4.30. The number of aryl methyl sites for hydroxylation is 2. The van der Waals surface area contributed by atoms with Gasteiger partial charge >= 0.3 is 0 Å². The fourth-order valence-corrected chi connectivity index (χ4v) is 1.22. The smallest absolute Gasteiger partial charge is 0.195 e. The summed E-state index contributed by atoms with van der Waals surface area (Å²) in [5.74, 6) is 2.25. The summed E-state index contributed by atoms with van der Waals surface area (Å²) in [6, 6.07) is 1.93. The molecule has 0 radical (unpaired) electrons. The number of nitrogens with one attached hydrogen (secondary N) is 2. The molecule has 2 N–H and O–H groups in total. The van der Waals surface area contributed by atoms with Crippen LogP contribution < -0.4 is 0 Å². The van der Waals surface area contributed by atoms with E-state index in [0.717, 1.165) is 11.3 Å². The van der Waals surface area contributed by atoms with Crippen molar-refractivity contribution in [2.75, 3.05) is 0 Å². The fourth-order valence-electron chi connectivity index (χ4n) is 1.08. The van der Waals surface area contributed by atoms with Gasteiger partial charge in [0.2, 0.25) is 0 Å². The van der Waals surface area contributed by atoms with Crippen LogP contribution in [-0.2, 0) is 0 Å². The molecule has 0 aliphatic rings. The Morgan fingerprint density at radius 3 is 2.69 bits per heavy atom. The minimum atomic E-state index is 0.502. The van der Waals surface area contributed by atoms with Crippen molar-refractivity contribution in [3.8, 4) is 11.6 Å². The molecule has 0 atom stereocenters. The van der Waals surface area contributed by atoms with Gasteiger partial charge in [-0.3, -0.25) is 5.10 Å². The lowest BCUT2D eigenvalue weighted by Gasteiger charge is -1.86. The third kappa shape index (κ3) is 1.42. The molecule has 0 unspecified atom stereocenters. The largest absolute Gasteiger partial charge is 0.458 e. The highest BCUT2D eigenvalue weighted by Crippen LogP contribution is 2.20. The monoisotopic (exact) mass is 195 g/mol. The molecule has 5 heteroatoms. The molecule has 0 spiro atoms. The number of rotatable bonds is 1. The number of nitrogens with zero attached hydrogens (tertiary/aromatic N) is 1. The zero-order valence-corrected chi connectivity index (χ0v) is 8.16. The van der Waals surface area contributed by atoms with E-state index in [2.05, 4.69) is 15.2 Å². The van der Waals surface area contributed by atoms with Crippen LogP contribution >= 0.6 is 12.2 Å². The van der Waals surface area contributed by atoms with Crippen molar-refractivity contribution in [2.45, 2.75) is 13.8 Å². The van der Waals surface area contributed by atoms with E-state index in [0.29, 0.717) is 16.4 Å².